The summed E-state index contributed by atoms with van der Waals surface area (Å²) in [7, 11) is 0. The molecule has 3 unspecified atom stereocenters. The van der Waals surface area contributed by atoms with Crippen molar-refractivity contribution in [1.29, 1.82) is 5.26 Å². The molecule has 2 saturated heterocycles. The fraction of sp³-hybridized carbons (Fsp3) is 0.458. The van der Waals surface area contributed by atoms with E-state index in [9.17, 15) is 14.4 Å². The van der Waals surface area contributed by atoms with Crippen LogP contribution in [0.4, 0.5) is 4.39 Å². The molecule has 2 aromatic heterocycles. The number of rotatable bonds is 3. The molecule has 3 atom stereocenters. The third kappa shape index (κ3) is 3.81. The largest absolute Gasteiger partial charge is 0.370 e. The number of halogens is 1. The normalized spacial score (nSPS) is 23.7. The summed E-state index contributed by atoms with van der Waals surface area (Å²) in [6, 6.07) is 5.09. The van der Waals surface area contributed by atoms with Crippen molar-refractivity contribution in [2.75, 3.05) is 32.8 Å². The van der Waals surface area contributed by atoms with Crippen LogP contribution in [0.15, 0.2) is 24.7 Å². The van der Waals surface area contributed by atoms with Gasteiger partial charge in [-0.2, -0.15) is 9.94 Å². The number of carbonyl (C=O) groups is 1. The molecule has 6 rings (SSSR count). The molecule has 0 radical (unpaired) electrons. The number of hydrogen-bond acceptors (Lipinski definition) is 9. The lowest BCUT2D eigenvalue weighted by Gasteiger charge is -2.46. The Morgan fingerprint density at radius 1 is 1.25 bits per heavy atom. The minimum absolute atomic E-state index is 0.0690. The average molecular weight is 490 g/mol. The molecule has 0 N–H and O–H groups in total. The van der Waals surface area contributed by atoms with Gasteiger partial charge in [-0.1, -0.05) is 6.07 Å². The van der Waals surface area contributed by atoms with E-state index >= 15 is 0 Å². The first kappa shape index (κ1) is 22.6. The van der Waals surface area contributed by atoms with E-state index in [1.165, 1.54) is 17.1 Å². The van der Waals surface area contributed by atoms with Crippen molar-refractivity contribution in [2.45, 2.75) is 37.8 Å². The first-order valence-electron chi connectivity index (χ1n) is 12.0. The van der Waals surface area contributed by atoms with Gasteiger partial charge in [-0.3, -0.25) is 9.69 Å². The van der Waals surface area contributed by atoms with E-state index in [4.69, 9.17) is 4.74 Å². The van der Waals surface area contributed by atoms with E-state index in [-0.39, 0.29) is 29.5 Å². The summed E-state index contributed by atoms with van der Waals surface area (Å²) in [5, 5.41) is 20.4. The zero-order valence-electron chi connectivity index (χ0n) is 19.7. The second kappa shape index (κ2) is 9.00. The van der Waals surface area contributed by atoms with Gasteiger partial charge in [0, 0.05) is 37.9 Å². The van der Waals surface area contributed by atoms with Crippen LogP contribution in [-0.2, 0) is 16.0 Å². The maximum Gasteiger partial charge on any atom is 0.253 e. The number of benzene rings is 1. The number of aromatic nitrogens is 6. The molecule has 3 aliphatic rings. The summed E-state index contributed by atoms with van der Waals surface area (Å²) in [5.41, 5.74) is 3.27. The van der Waals surface area contributed by atoms with Gasteiger partial charge in [-0.15, -0.1) is 5.10 Å². The molecule has 3 aromatic rings. The molecule has 1 amide bonds. The van der Waals surface area contributed by atoms with Crippen LogP contribution >= 0.6 is 0 Å². The molecule has 0 spiro atoms. The zero-order valence-corrected chi connectivity index (χ0v) is 19.7. The minimum Gasteiger partial charge on any atom is -0.370 e. The molecule has 1 aromatic carbocycles. The van der Waals surface area contributed by atoms with Crippen LogP contribution in [0.3, 0.4) is 0 Å². The molecule has 36 heavy (non-hydrogen) atoms. The Morgan fingerprint density at radius 2 is 2.14 bits per heavy atom. The van der Waals surface area contributed by atoms with Gasteiger partial charge in [0.1, 0.15) is 18.2 Å². The summed E-state index contributed by atoms with van der Waals surface area (Å²) in [4.78, 5) is 26.7. The number of amides is 1. The Morgan fingerprint density at radius 3 is 2.94 bits per heavy atom. The number of tetrazole rings is 1. The van der Waals surface area contributed by atoms with Crippen LogP contribution in [0.2, 0.25) is 0 Å². The van der Waals surface area contributed by atoms with Crippen LogP contribution < -0.4 is 0 Å². The second-order valence-corrected chi connectivity index (χ2v) is 9.42. The van der Waals surface area contributed by atoms with Gasteiger partial charge in [0.05, 0.1) is 35.9 Å². The van der Waals surface area contributed by atoms with Crippen molar-refractivity contribution in [3.63, 3.8) is 0 Å². The topological polar surface area (TPSA) is 126 Å². The third-order valence-corrected chi connectivity index (χ3v) is 7.51. The summed E-state index contributed by atoms with van der Waals surface area (Å²) in [5.74, 6) is -0.266. The Kier molecular flexibility index (Phi) is 5.66. The van der Waals surface area contributed by atoms with Crippen LogP contribution in [0.1, 0.15) is 46.4 Å². The summed E-state index contributed by atoms with van der Waals surface area (Å²) in [6.45, 7) is 4.82. The summed E-state index contributed by atoms with van der Waals surface area (Å²) < 4.78 is 21.5. The fourth-order valence-electron chi connectivity index (χ4n) is 5.54. The van der Waals surface area contributed by atoms with Crippen LogP contribution in [-0.4, -0.2) is 84.7 Å². The highest BCUT2D eigenvalue weighted by Gasteiger charge is 2.39. The SMILES string of the molecule is Cc1c(C2CN3CCN(C(=O)C4CCc5nc(-n6cnnn6)ncc54)CC3CO2)ccc(F)c1C#N. The molecular weight excluding hydrogens is 465 g/mol. The van der Waals surface area contributed by atoms with Gasteiger partial charge in [0.2, 0.25) is 5.91 Å². The van der Waals surface area contributed by atoms with E-state index in [1.807, 2.05) is 11.0 Å². The Hall–Kier alpha value is -3.82. The standard InChI is InChI=1S/C24H24FN9O2/c1-14-16(2-4-20(25)18(14)8-26)22-11-32-6-7-33(10-15(32)12-36-22)23(35)17-3-5-21-19(17)9-27-24(29-21)34-13-28-30-31-34/h2,4,9,13,15,17,22H,3,5-7,10-12H2,1H3. The van der Waals surface area contributed by atoms with Gasteiger partial charge in [0.15, 0.2) is 0 Å². The number of ether oxygens (including phenoxy) is 1. The first-order valence-corrected chi connectivity index (χ1v) is 12.0. The maximum atomic E-state index is 14.0. The van der Waals surface area contributed by atoms with Gasteiger partial charge >= 0.3 is 0 Å². The predicted octanol–water partition coefficient (Wildman–Crippen LogP) is 1.09. The van der Waals surface area contributed by atoms with Gasteiger partial charge < -0.3 is 9.64 Å². The zero-order chi connectivity index (χ0) is 24.8. The van der Waals surface area contributed by atoms with E-state index in [0.717, 1.165) is 23.4 Å². The van der Waals surface area contributed by atoms with Crippen LogP contribution in [0.25, 0.3) is 5.95 Å². The highest BCUT2D eigenvalue weighted by Crippen LogP contribution is 2.35. The van der Waals surface area contributed by atoms with Crippen molar-refractivity contribution in [2.24, 2.45) is 0 Å². The molecular formula is C24H24FN9O2. The van der Waals surface area contributed by atoms with Crippen molar-refractivity contribution >= 4 is 5.91 Å². The average Bonchev–Trinajstić information content (AvgIpc) is 3.58. The Labute approximate surface area is 206 Å². The number of carbonyl (C=O) groups excluding carboxylic acids is 1. The molecule has 2 fully saturated rings. The van der Waals surface area contributed by atoms with Crippen LogP contribution in [0, 0.1) is 24.1 Å². The smallest absolute Gasteiger partial charge is 0.253 e. The fourth-order valence-corrected chi connectivity index (χ4v) is 5.54. The molecule has 12 heteroatoms. The lowest BCUT2D eigenvalue weighted by molar-refractivity contribution is -0.141. The molecule has 0 saturated carbocycles. The van der Waals surface area contributed by atoms with E-state index < -0.39 is 5.82 Å². The minimum atomic E-state index is -0.509. The van der Waals surface area contributed by atoms with Gasteiger partial charge in [-0.05, 0) is 47.4 Å². The lowest BCUT2D eigenvalue weighted by Crippen LogP contribution is -2.60. The second-order valence-electron chi connectivity index (χ2n) is 9.42. The Balaban J connectivity index is 1.12. The van der Waals surface area contributed by atoms with Gasteiger partial charge in [-0.25, -0.2) is 14.4 Å². The molecule has 1 aliphatic carbocycles. The van der Waals surface area contributed by atoms with Crippen molar-refractivity contribution < 1.29 is 13.9 Å². The van der Waals surface area contributed by atoms with Crippen molar-refractivity contribution in [3.8, 4) is 12.0 Å². The van der Waals surface area contributed by atoms with Gasteiger partial charge in [0.25, 0.3) is 5.95 Å². The highest BCUT2D eigenvalue weighted by molar-refractivity contribution is 5.85. The number of piperazine rings is 1. The van der Waals surface area contributed by atoms with E-state index in [0.29, 0.717) is 50.6 Å². The monoisotopic (exact) mass is 489 g/mol. The number of nitrogens with zero attached hydrogens (tertiary/aromatic N) is 9. The quantitative estimate of drug-likeness (QED) is 0.531. The van der Waals surface area contributed by atoms with Crippen molar-refractivity contribution in [3.05, 3.63) is 58.4 Å². The number of hydrogen-bond donors (Lipinski definition) is 0. The maximum absolute atomic E-state index is 14.0. The first-order chi connectivity index (χ1) is 17.5. The number of aryl methyl sites for hydroxylation is 1. The Bertz CT molecular complexity index is 1360. The number of morpholine rings is 1. The molecule has 0 bridgehead atoms. The third-order valence-electron chi connectivity index (χ3n) is 7.51. The lowest BCUT2D eigenvalue weighted by atomic mass is 9.96. The van der Waals surface area contributed by atoms with Crippen molar-refractivity contribution in [1.82, 2.24) is 40.0 Å². The predicted molar refractivity (Wildman–Crippen MR) is 122 cm³/mol. The van der Waals surface area contributed by atoms with Crippen LogP contribution in [0.5, 0.6) is 0 Å². The highest BCUT2D eigenvalue weighted by atomic mass is 19.1. The molecule has 184 valence electrons. The summed E-state index contributed by atoms with van der Waals surface area (Å²) in [6.07, 6.45) is 4.34. The molecule has 2 aliphatic heterocycles. The molecule has 11 nitrogen and oxygen atoms in total. The molecule has 4 heterocycles. The number of fused-ring (bicyclic) bond motifs is 2. The summed E-state index contributed by atoms with van der Waals surface area (Å²) >= 11 is 0. The number of nitriles is 1. The van der Waals surface area contributed by atoms with E-state index in [2.05, 4.69) is 30.4 Å². The van der Waals surface area contributed by atoms with E-state index in [1.54, 1.807) is 19.2 Å².